The number of nitrogens with one attached hydrogen (secondary N) is 2. The number of benzene rings is 4. The first-order valence-electron chi connectivity index (χ1n) is 36.4. The molecule has 12 aromatic rings. The summed E-state index contributed by atoms with van der Waals surface area (Å²) in [4.78, 5) is 29.6. The fourth-order valence-corrected chi connectivity index (χ4v) is 17.5. The molecule has 0 spiro atoms. The Kier molecular flexibility index (Phi) is 25.9. The minimum absolute atomic E-state index is 0.0666. The monoisotopic (exact) mass is 1820 g/mol. The predicted molar refractivity (Wildman–Crippen MR) is 462 cm³/mol. The number of halogens is 4. The van der Waals surface area contributed by atoms with E-state index in [1.807, 2.05) is 132 Å². The number of hydrogen-bond acceptors (Lipinski definition) is 24. The Morgan fingerprint density at radius 1 is 0.496 bits per heavy atom. The Bertz CT molecular complexity index is 5490. The minimum atomic E-state index is -4.02. The third kappa shape index (κ3) is 19.5. The van der Waals surface area contributed by atoms with Crippen molar-refractivity contribution in [2.24, 2.45) is 14.1 Å². The van der Waals surface area contributed by atoms with Gasteiger partial charge in [-0.05, 0) is 205 Å². The van der Waals surface area contributed by atoms with E-state index in [9.17, 15) is 8.42 Å². The Hall–Kier alpha value is -6.99. The Morgan fingerprint density at radius 2 is 0.903 bits per heavy atom. The van der Waals surface area contributed by atoms with E-state index < -0.39 is 24.1 Å². The van der Waals surface area contributed by atoms with E-state index in [-0.39, 0.29) is 45.6 Å². The van der Waals surface area contributed by atoms with Crippen molar-refractivity contribution in [1.29, 1.82) is 0 Å². The summed E-state index contributed by atoms with van der Waals surface area (Å²) in [5.74, 6) is 4.13. The number of fused-ring (bicyclic) bond motifs is 6. The summed E-state index contributed by atoms with van der Waals surface area (Å²) < 4.78 is 92.4. The summed E-state index contributed by atoms with van der Waals surface area (Å²) in [7, 11) is -1.55. The number of nitrogens with zero attached hydrogens (tertiary/aromatic N) is 10. The van der Waals surface area contributed by atoms with Crippen molar-refractivity contribution < 1.29 is 55.1 Å². The topological polar surface area (TPSA) is 274 Å². The molecule has 0 unspecified atom stereocenters. The molecular weight excluding hydrogens is 1730 g/mol. The van der Waals surface area contributed by atoms with Crippen LogP contribution in [0.25, 0.3) is 41.8 Å². The molecule has 0 saturated carbocycles. The third-order valence-electron chi connectivity index (χ3n) is 20.6. The van der Waals surface area contributed by atoms with Crippen LogP contribution in [-0.4, -0.2) is 137 Å². The van der Waals surface area contributed by atoms with E-state index in [1.165, 1.54) is 43.5 Å². The number of aromatic nitrogens is 10. The highest BCUT2D eigenvalue weighted by atomic mass is 79.9. The number of thiophene rings is 3. The normalized spacial score (nSPS) is 17.2. The highest BCUT2D eigenvalue weighted by Crippen LogP contribution is 2.47. The molecule has 0 amide bonds. The maximum atomic E-state index is 10.5. The fourth-order valence-electron chi connectivity index (χ4n) is 12.3. The van der Waals surface area contributed by atoms with Crippen LogP contribution in [0, 0.1) is 27.7 Å². The van der Waals surface area contributed by atoms with Gasteiger partial charge in [-0.3, -0.25) is 13.9 Å². The molecule has 35 heteroatoms. The van der Waals surface area contributed by atoms with Gasteiger partial charge in [0.15, 0.2) is 0 Å². The second kappa shape index (κ2) is 34.3. The van der Waals surface area contributed by atoms with Gasteiger partial charge in [0.1, 0.15) is 28.3 Å². The number of aryl methyl sites for hydroxylation is 6. The average molecular weight is 1820 g/mol. The summed E-state index contributed by atoms with van der Waals surface area (Å²) in [6.07, 6.45) is 15.7. The molecule has 8 aromatic heterocycles. The predicted octanol–water partition coefficient (Wildman–Crippen LogP) is 18.5. The molecule has 3 N–H and O–H groups in total. The number of para-hydroxylation sites is 3. The zero-order chi connectivity index (χ0) is 81.5. The smallest absolute Gasteiger partial charge is 0.493 e. The number of anilines is 4. The van der Waals surface area contributed by atoms with Gasteiger partial charge in [-0.25, -0.2) is 29.9 Å². The van der Waals surface area contributed by atoms with Crippen LogP contribution in [0.2, 0.25) is 5.28 Å². The van der Waals surface area contributed by atoms with E-state index in [4.69, 9.17) is 63.3 Å². The quantitative estimate of drug-likeness (QED) is 0.0724. The van der Waals surface area contributed by atoms with Gasteiger partial charge in [0.05, 0.1) is 128 Å². The molecule has 4 aromatic carbocycles. The molecule has 594 valence electrons. The first kappa shape index (κ1) is 85.4. The van der Waals surface area contributed by atoms with Crippen LogP contribution in [-0.2, 0) is 71.4 Å². The van der Waals surface area contributed by atoms with Gasteiger partial charge in [-0.1, -0.05) is 66.2 Å². The Morgan fingerprint density at radius 3 is 1.38 bits per heavy atom. The number of rotatable bonds is 8. The SMILES string of the molecule is Brc1cccc2c1OCC2.CC1(C)OB(B2OC(C)(C)C(C)(C)O2)OC1(C)C.CC1(C)OB(c2cccc3c2OCC3)OC1(C)C.Cc1ccc(S(=O)(=O)O)cc1.Cc1sc2cnc(Cl)nc2c1Br.Cc1sc2cnc(Nc3cnn(C)c3)nc2c1-c1cccc2c1OCC2.Cc1sc2cnc(Nc3cnn(C)c3)nc2c1Br. The lowest BCUT2D eigenvalue weighted by Crippen LogP contribution is -2.41. The van der Waals surface area contributed by atoms with Gasteiger partial charge >= 0.3 is 21.1 Å². The summed E-state index contributed by atoms with van der Waals surface area (Å²) in [5, 5.41) is 14.9. The van der Waals surface area contributed by atoms with Crippen molar-refractivity contribution in [1.82, 2.24) is 49.5 Å². The standard InChI is InChI=1S/C19H17N5OS.C14H19BO3.C12H24B2O4.C11H10BrN5S.C8H7BrO.C7H4BrClN2S.C7H8O3S/c1-11-16(14-5-3-4-12-6-7-25-18(12)14)17-15(26-11)9-20-19(23-17)22-13-8-21-24(2)10-13;1-13(2)14(3,4)18-15(17-13)11-7-5-6-10-8-9-16-12(10)11;1-9(2)10(3,4)16-13(15-9)14-17-11(5,6)12(7,8)18-14;1-6-9(12)10-8(18-6)4-13-11(16-10)15-7-3-14-17(2)5-7;9-7-3-1-2-6-4-5-10-8(6)7;1-3-5(8)6-4(12-3)2-10-7(9)11-6;1-6-2-4-7(5-3-6)11(8,9)10/h3-5,8-10H,6-7H2,1-2H3,(H,20,22,23);5-7H,8-9H2,1-4H3;1-8H3;3-5H,1-2H3,(H,13,15,16);1-3H,4-5H2;2H,1H3;2-5H,1H3,(H,8,9,10). The van der Waals surface area contributed by atoms with Crippen LogP contribution in [0.3, 0.4) is 0 Å². The van der Waals surface area contributed by atoms with E-state index >= 15 is 0 Å². The highest BCUT2D eigenvalue weighted by molar-refractivity contribution is 9.11. The molecule has 0 radical (unpaired) electrons. The summed E-state index contributed by atoms with van der Waals surface area (Å²) >= 11 is 21.1. The molecule has 24 nitrogen and oxygen atoms in total. The molecule has 113 heavy (non-hydrogen) atoms. The van der Waals surface area contributed by atoms with E-state index in [0.717, 1.165) is 134 Å². The first-order valence-corrected chi connectivity index (χ1v) is 43.1. The van der Waals surface area contributed by atoms with Crippen molar-refractivity contribution >= 4 is 184 Å². The number of hydrogen-bond donors (Lipinski definition) is 3. The van der Waals surface area contributed by atoms with Crippen LogP contribution in [0.1, 0.15) is 120 Å². The maximum Gasteiger partial charge on any atom is 0.498 e. The lowest BCUT2D eigenvalue weighted by molar-refractivity contribution is 0.00578. The molecule has 0 aliphatic carbocycles. The summed E-state index contributed by atoms with van der Waals surface area (Å²) in [6, 6.07) is 24.7. The van der Waals surface area contributed by atoms with Crippen LogP contribution >= 0.6 is 93.4 Å². The summed E-state index contributed by atoms with van der Waals surface area (Å²) in [5.41, 5.74) is 10.6. The van der Waals surface area contributed by atoms with Crippen molar-refractivity contribution in [3.8, 4) is 28.4 Å². The Balaban J connectivity index is 0.000000125. The first-order chi connectivity index (χ1) is 53.2. The number of ether oxygens (including phenoxy) is 3. The third-order valence-corrected chi connectivity index (χ3v) is 27.8. The lowest BCUT2D eigenvalue weighted by atomic mass is 9.49. The van der Waals surface area contributed by atoms with Crippen molar-refractivity contribution in [2.45, 2.75) is 169 Å². The summed E-state index contributed by atoms with van der Waals surface area (Å²) in [6.45, 7) is 34.9. The molecule has 0 atom stereocenters. The maximum absolute atomic E-state index is 10.5. The molecule has 3 saturated heterocycles. The molecule has 3 fully saturated rings. The Labute approximate surface area is 702 Å². The van der Waals surface area contributed by atoms with Gasteiger partial charge in [0.2, 0.25) is 17.2 Å². The van der Waals surface area contributed by atoms with Crippen LogP contribution in [0.15, 0.2) is 141 Å². The van der Waals surface area contributed by atoms with E-state index in [2.05, 4.69) is 165 Å². The van der Waals surface area contributed by atoms with E-state index in [0.29, 0.717) is 17.2 Å². The van der Waals surface area contributed by atoms with Crippen molar-refractivity contribution in [3.63, 3.8) is 0 Å². The zero-order valence-electron chi connectivity index (χ0n) is 66.1. The second-order valence-electron chi connectivity index (χ2n) is 30.5. The molecular formula is C78H89B3Br3ClN12O12S4. The molecule has 0 bridgehead atoms. The average Bonchev–Trinajstić information content (AvgIpc) is 1.72. The van der Waals surface area contributed by atoms with Gasteiger partial charge < -0.3 is 52.8 Å². The fraction of sp³-hybridized carbons (Fsp3) is 0.385. The van der Waals surface area contributed by atoms with Gasteiger partial charge in [0, 0.05) is 83.2 Å². The minimum Gasteiger partial charge on any atom is -0.493 e. The molecule has 14 heterocycles. The van der Waals surface area contributed by atoms with Crippen molar-refractivity contribution in [3.05, 3.63) is 178 Å². The van der Waals surface area contributed by atoms with E-state index in [1.54, 1.807) is 74.1 Å². The second-order valence-corrected chi connectivity index (χ2v) is 38.4. The van der Waals surface area contributed by atoms with Crippen molar-refractivity contribution in [2.75, 3.05) is 30.5 Å². The van der Waals surface area contributed by atoms with Gasteiger partial charge in [0.25, 0.3) is 10.1 Å². The van der Waals surface area contributed by atoms with Gasteiger partial charge in [-0.2, -0.15) is 18.6 Å². The van der Waals surface area contributed by atoms with Crippen LogP contribution in [0.5, 0.6) is 17.2 Å². The largest absolute Gasteiger partial charge is 0.498 e. The van der Waals surface area contributed by atoms with Crippen LogP contribution < -0.4 is 30.3 Å². The molecule has 6 aliphatic heterocycles. The zero-order valence-corrected chi connectivity index (χ0v) is 74.9. The molecule has 6 aliphatic rings. The van der Waals surface area contributed by atoms with Gasteiger partial charge in [-0.15, -0.1) is 34.0 Å². The lowest BCUT2D eigenvalue weighted by Gasteiger charge is -2.32. The van der Waals surface area contributed by atoms with Crippen LogP contribution in [0.4, 0.5) is 23.3 Å². The molecule has 18 rings (SSSR count). The highest BCUT2D eigenvalue weighted by Gasteiger charge is 2.64.